The first-order valence-electron chi connectivity index (χ1n) is 9.48. The van der Waals surface area contributed by atoms with Crippen molar-refractivity contribution in [1.82, 2.24) is 9.80 Å². The first-order chi connectivity index (χ1) is 13.1. The Bertz CT molecular complexity index is 783. The zero-order chi connectivity index (χ0) is 19.2. The van der Waals surface area contributed by atoms with Gasteiger partial charge in [-0.15, -0.1) is 0 Å². The number of nitrogens with zero attached hydrogens (tertiary/aromatic N) is 2. The van der Waals surface area contributed by atoms with E-state index in [1.54, 1.807) is 19.2 Å². The fraction of sp³-hybridized carbons (Fsp3) is 0.409. The topological polar surface area (TPSA) is 42.0 Å². The minimum Gasteiger partial charge on any atom is -0.493 e. The molecule has 1 amide bonds. The molecule has 1 aliphatic rings. The fourth-order valence-corrected chi connectivity index (χ4v) is 3.44. The van der Waals surface area contributed by atoms with Crippen molar-refractivity contribution in [1.29, 1.82) is 0 Å². The Morgan fingerprint density at radius 3 is 2.48 bits per heavy atom. The highest BCUT2D eigenvalue weighted by Crippen LogP contribution is 2.28. The number of piperazine rings is 1. The molecular formula is C22H28N2O3. The molecule has 0 aromatic heterocycles. The molecular weight excluding hydrogens is 340 g/mol. The lowest BCUT2D eigenvalue weighted by molar-refractivity contribution is 0.0628. The van der Waals surface area contributed by atoms with Crippen LogP contribution < -0.4 is 9.47 Å². The van der Waals surface area contributed by atoms with Gasteiger partial charge in [-0.1, -0.05) is 29.8 Å². The summed E-state index contributed by atoms with van der Waals surface area (Å²) >= 11 is 0. The van der Waals surface area contributed by atoms with Gasteiger partial charge in [0.15, 0.2) is 11.5 Å². The quantitative estimate of drug-likeness (QED) is 0.784. The molecule has 0 aliphatic carbocycles. The van der Waals surface area contributed by atoms with E-state index in [1.807, 2.05) is 17.9 Å². The van der Waals surface area contributed by atoms with Crippen LogP contribution in [0.5, 0.6) is 11.5 Å². The predicted molar refractivity (Wildman–Crippen MR) is 107 cm³/mol. The van der Waals surface area contributed by atoms with Gasteiger partial charge in [-0.2, -0.15) is 0 Å². The number of hydrogen-bond acceptors (Lipinski definition) is 4. The maximum absolute atomic E-state index is 12.9. The number of hydrogen-bond donors (Lipinski definition) is 0. The highest BCUT2D eigenvalue weighted by Gasteiger charge is 2.23. The highest BCUT2D eigenvalue weighted by molar-refractivity contribution is 5.95. The lowest BCUT2D eigenvalue weighted by Gasteiger charge is -2.35. The minimum atomic E-state index is 0.0498. The predicted octanol–water partition coefficient (Wildman–Crippen LogP) is 3.36. The van der Waals surface area contributed by atoms with E-state index in [9.17, 15) is 4.79 Å². The van der Waals surface area contributed by atoms with Crippen LogP contribution in [0, 0.1) is 6.92 Å². The number of amides is 1. The Hall–Kier alpha value is -2.53. The summed E-state index contributed by atoms with van der Waals surface area (Å²) in [5.41, 5.74) is 3.25. The molecule has 0 radical (unpaired) electrons. The van der Waals surface area contributed by atoms with Crippen molar-refractivity contribution < 1.29 is 14.3 Å². The number of aryl methyl sites for hydroxylation is 1. The van der Waals surface area contributed by atoms with E-state index in [2.05, 4.69) is 36.1 Å². The van der Waals surface area contributed by atoms with E-state index in [0.29, 0.717) is 23.7 Å². The molecule has 5 heteroatoms. The number of benzene rings is 2. The molecule has 1 aliphatic heterocycles. The van der Waals surface area contributed by atoms with Crippen molar-refractivity contribution in [3.05, 3.63) is 59.2 Å². The Labute approximate surface area is 161 Å². The molecule has 2 aromatic carbocycles. The molecule has 1 fully saturated rings. The number of methoxy groups -OCH3 is 1. The second-order valence-electron chi connectivity index (χ2n) is 6.86. The number of carbonyl (C=O) groups excluding carboxylic acids is 1. The van der Waals surface area contributed by atoms with Crippen LogP contribution >= 0.6 is 0 Å². The van der Waals surface area contributed by atoms with Crippen LogP contribution in [0.15, 0.2) is 42.5 Å². The molecule has 5 nitrogen and oxygen atoms in total. The maximum atomic E-state index is 12.9. The van der Waals surface area contributed by atoms with E-state index < -0.39 is 0 Å². The van der Waals surface area contributed by atoms with Gasteiger partial charge >= 0.3 is 0 Å². The van der Waals surface area contributed by atoms with E-state index in [-0.39, 0.29) is 5.91 Å². The third kappa shape index (κ3) is 4.80. The molecule has 0 atom stereocenters. The summed E-state index contributed by atoms with van der Waals surface area (Å²) in [5, 5.41) is 0. The van der Waals surface area contributed by atoms with Crippen molar-refractivity contribution in [2.24, 2.45) is 0 Å². The summed E-state index contributed by atoms with van der Waals surface area (Å²) in [7, 11) is 1.60. The van der Waals surface area contributed by atoms with E-state index in [4.69, 9.17) is 9.47 Å². The largest absolute Gasteiger partial charge is 0.493 e. The molecule has 0 unspecified atom stereocenters. The average molecular weight is 368 g/mol. The van der Waals surface area contributed by atoms with Crippen molar-refractivity contribution in [3.63, 3.8) is 0 Å². The van der Waals surface area contributed by atoms with Crippen molar-refractivity contribution in [3.8, 4) is 11.5 Å². The monoisotopic (exact) mass is 368 g/mol. The van der Waals surface area contributed by atoms with Gasteiger partial charge in [-0.25, -0.2) is 0 Å². The smallest absolute Gasteiger partial charge is 0.254 e. The summed E-state index contributed by atoms with van der Waals surface area (Å²) in [6.07, 6.45) is 0. The SMILES string of the molecule is CCOc1cc(C(=O)N2CCN(Cc3cccc(C)c3)CC2)ccc1OC. The second-order valence-corrected chi connectivity index (χ2v) is 6.86. The molecule has 1 saturated heterocycles. The normalized spacial score (nSPS) is 14.9. The third-order valence-corrected chi connectivity index (χ3v) is 4.86. The van der Waals surface area contributed by atoms with Gasteiger partial charge < -0.3 is 14.4 Å². The molecule has 144 valence electrons. The third-order valence-electron chi connectivity index (χ3n) is 4.86. The van der Waals surface area contributed by atoms with Crippen LogP contribution in [0.25, 0.3) is 0 Å². The molecule has 0 N–H and O–H groups in total. The van der Waals surface area contributed by atoms with Gasteiger partial charge in [-0.05, 0) is 37.6 Å². The highest BCUT2D eigenvalue weighted by atomic mass is 16.5. The second kappa shape index (κ2) is 8.91. The van der Waals surface area contributed by atoms with Gasteiger partial charge in [-0.3, -0.25) is 9.69 Å². The zero-order valence-corrected chi connectivity index (χ0v) is 16.4. The van der Waals surface area contributed by atoms with E-state index in [1.165, 1.54) is 11.1 Å². The number of rotatable bonds is 6. The first-order valence-corrected chi connectivity index (χ1v) is 9.48. The summed E-state index contributed by atoms with van der Waals surface area (Å²) in [4.78, 5) is 17.2. The van der Waals surface area contributed by atoms with E-state index in [0.717, 1.165) is 32.7 Å². The number of carbonyl (C=O) groups is 1. The number of ether oxygens (including phenoxy) is 2. The standard InChI is InChI=1S/C22H28N2O3/c1-4-27-21-15-19(8-9-20(21)26-3)22(25)24-12-10-23(11-13-24)16-18-7-5-6-17(2)14-18/h5-9,14-15H,4,10-13,16H2,1-3H3. The van der Waals surface area contributed by atoms with Gasteiger partial charge in [0, 0.05) is 38.3 Å². The molecule has 0 saturated carbocycles. The van der Waals surface area contributed by atoms with Crippen LogP contribution in [-0.2, 0) is 6.54 Å². The lowest BCUT2D eigenvalue weighted by Crippen LogP contribution is -2.48. The average Bonchev–Trinajstić information content (AvgIpc) is 2.68. The summed E-state index contributed by atoms with van der Waals surface area (Å²) in [6, 6.07) is 14.0. The summed E-state index contributed by atoms with van der Waals surface area (Å²) < 4.78 is 10.9. The van der Waals surface area contributed by atoms with Crippen LogP contribution in [0.2, 0.25) is 0 Å². The van der Waals surface area contributed by atoms with Crippen LogP contribution in [0.1, 0.15) is 28.4 Å². The molecule has 3 rings (SSSR count). The van der Waals surface area contributed by atoms with E-state index >= 15 is 0 Å². The zero-order valence-electron chi connectivity index (χ0n) is 16.4. The van der Waals surface area contributed by atoms with Crippen molar-refractivity contribution >= 4 is 5.91 Å². The van der Waals surface area contributed by atoms with Gasteiger partial charge in [0.1, 0.15) is 0 Å². The van der Waals surface area contributed by atoms with Crippen molar-refractivity contribution in [2.75, 3.05) is 39.9 Å². The Balaban J connectivity index is 1.60. The Morgan fingerprint density at radius 1 is 1.04 bits per heavy atom. The summed E-state index contributed by atoms with van der Waals surface area (Å²) in [5.74, 6) is 1.31. The van der Waals surface area contributed by atoms with Crippen LogP contribution in [0.3, 0.4) is 0 Å². The fourth-order valence-electron chi connectivity index (χ4n) is 3.44. The van der Waals surface area contributed by atoms with Crippen LogP contribution in [0.4, 0.5) is 0 Å². The molecule has 0 spiro atoms. The van der Waals surface area contributed by atoms with Gasteiger partial charge in [0.25, 0.3) is 5.91 Å². The first kappa shape index (κ1) is 19.2. The molecule has 1 heterocycles. The van der Waals surface area contributed by atoms with Gasteiger partial charge in [0.05, 0.1) is 13.7 Å². The lowest BCUT2D eigenvalue weighted by atomic mass is 10.1. The summed E-state index contributed by atoms with van der Waals surface area (Å²) in [6.45, 7) is 8.74. The molecule has 27 heavy (non-hydrogen) atoms. The minimum absolute atomic E-state index is 0.0498. The molecule has 0 bridgehead atoms. The van der Waals surface area contributed by atoms with Gasteiger partial charge in [0.2, 0.25) is 0 Å². The molecule has 2 aromatic rings. The Morgan fingerprint density at radius 2 is 1.81 bits per heavy atom. The Kier molecular flexibility index (Phi) is 6.35. The van der Waals surface area contributed by atoms with Crippen LogP contribution in [-0.4, -0.2) is 55.6 Å². The van der Waals surface area contributed by atoms with Crippen molar-refractivity contribution in [2.45, 2.75) is 20.4 Å². The maximum Gasteiger partial charge on any atom is 0.254 e.